The highest BCUT2D eigenvalue weighted by Gasteiger charge is 2.25. The van der Waals surface area contributed by atoms with E-state index in [2.05, 4.69) is 24.8 Å². The highest BCUT2D eigenvalue weighted by atomic mass is 32.1. The van der Waals surface area contributed by atoms with Gasteiger partial charge in [-0.2, -0.15) is 14.5 Å². The molecule has 0 spiro atoms. The molecule has 1 aliphatic heterocycles. The summed E-state index contributed by atoms with van der Waals surface area (Å²) < 4.78 is 11.5. The number of ether oxygens (including phenoxy) is 1. The second kappa shape index (κ2) is 6.66. The van der Waals surface area contributed by atoms with Crippen molar-refractivity contribution in [3.8, 4) is 11.4 Å². The maximum atomic E-state index is 5.13. The Hall–Kier alpha value is -2.32. The van der Waals surface area contributed by atoms with Crippen LogP contribution in [0.1, 0.15) is 30.5 Å². The number of benzene rings is 1. The number of fused-ring (bicyclic) bond motifs is 1. The molecule has 4 rings (SSSR count). The molecule has 124 valence electrons. The van der Waals surface area contributed by atoms with E-state index in [0.717, 1.165) is 47.6 Å². The number of methoxy groups -OCH3 is 1. The van der Waals surface area contributed by atoms with Crippen LogP contribution in [-0.4, -0.2) is 31.2 Å². The van der Waals surface area contributed by atoms with E-state index >= 15 is 0 Å². The molecule has 8 heteroatoms. The average Bonchev–Trinajstić information content (AvgIpc) is 3.23. The van der Waals surface area contributed by atoms with Crippen LogP contribution in [0.2, 0.25) is 0 Å². The summed E-state index contributed by atoms with van der Waals surface area (Å²) in [6.07, 6.45) is 2.07. The Morgan fingerprint density at radius 3 is 3.00 bits per heavy atom. The van der Waals surface area contributed by atoms with Crippen molar-refractivity contribution in [3.05, 3.63) is 42.0 Å². The molecule has 0 saturated carbocycles. The predicted octanol–water partition coefficient (Wildman–Crippen LogP) is 2.89. The third-order valence-corrected chi connectivity index (χ3v) is 4.59. The van der Waals surface area contributed by atoms with E-state index in [-0.39, 0.29) is 6.04 Å². The molecule has 24 heavy (non-hydrogen) atoms. The molecule has 1 aliphatic rings. The molecule has 0 amide bonds. The van der Waals surface area contributed by atoms with Gasteiger partial charge in [0, 0.05) is 30.8 Å². The zero-order chi connectivity index (χ0) is 16.4. The van der Waals surface area contributed by atoms with Crippen molar-refractivity contribution < 1.29 is 4.74 Å². The third kappa shape index (κ3) is 3.02. The van der Waals surface area contributed by atoms with Crippen molar-refractivity contribution >= 4 is 16.7 Å². The second-order valence-corrected chi connectivity index (χ2v) is 6.42. The number of anilines is 1. The van der Waals surface area contributed by atoms with Gasteiger partial charge in [0.15, 0.2) is 11.6 Å². The van der Waals surface area contributed by atoms with E-state index in [1.165, 1.54) is 11.5 Å². The Morgan fingerprint density at radius 1 is 1.29 bits per heavy atom. The first-order valence-electron chi connectivity index (χ1n) is 7.91. The number of nitrogens with zero attached hydrogens (tertiary/aromatic N) is 5. The van der Waals surface area contributed by atoms with Gasteiger partial charge in [0.25, 0.3) is 0 Å². The number of hydrogen-bond donors (Lipinski definition) is 1. The lowest BCUT2D eigenvalue weighted by molar-refractivity contribution is 0.177. The van der Waals surface area contributed by atoms with E-state index in [1.807, 2.05) is 35.0 Å². The maximum absolute atomic E-state index is 5.13. The van der Waals surface area contributed by atoms with Crippen LogP contribution in [0.3, 0.4) is 0 Å². The predicted molar refractivity (Wildman–Crippen MR) is 91.7 cm³/mol. The van der Waals surface area contributed by atoms with Crippen molar-refractivity contribution in [1.29, 1.82) is 0 Å². The van der Waals surface area contributed by atoms with Crippen LogP contribution in [0.15, 0.2) is 30.3 Å². The van der Waals surface area contributed by atoms with Gasteiger partial charge in [0.1, 0.15) is 12.4 Å². The molecule has 3 heterocycles. The van der Waals surface area contributed by atoms with E-state index in [9.17, 15) is 0 Å². The fraction of sp³-hybridized carbons (Fsp3) is 0.375. The molecule has 1 N–H and O–H groups in total. The van der Waals surface area contributed by atoms with Gasteiger partial charge in [-0.15, -0.1) is 0 Å². The Morgan fingerprint density at radius 2 is 2.17 bits per heavy atom. The number of aromatic nitrogens is 5. The zero-order valence-electron chi connectivity index (χ0n) is 13.3. The second-order valence-electron chi connectivity index (χ2n) is 5.67. The molecule has 0 fully saturated rings. The summed E-state index contributed by atoms with van der Waals surface area (Å²) in [5.41, 5.74) is 1.02. The summed E-state index contributed by atoms with van der Waals surface area (Å²) in [7, 11) is 1.65. The van der Waals surface area contributed by atoms with Crippen molar-refractivity contribution in [3.63, 3.8) is 0 Å². The summed E-state index contributed by atoms with van der Waals surface area (Å²) in [4.78, 5) is 9.21. The maximum Gasteiger partial charge on any atom is 0.203 e. The van der Waals surface area contributed by atoms with Gasteiger partial charge in [-0.3, -0.25) is 0 Å². The van der Waals surface area contributed by atoms with Crippen molar-refractivity contribution in [2.75, 3.05) is 12.4 Å². The minimum absolute atomic E-state index is 0.105. The summed E-state index contributed by atoms with van der Waals surface area (Å²) >= 11 is 1.38. The largest absolute Gasteiger partial charge is 0.377 e. The Bertz CT molecular complexity index is 815. The van der Waals surface area contributed by atoms with Gasteiger partial charge in [0.2, 0.25) is 5.13 Å². The van der Waals surface area contributed by atoms with Crippen molar-refractivity contribution in [2.24, 2.45) is 0 Å². The smallest absolute Gasteiger partial charge is 0.203 e. The number of hydrogen-bond acceptors (Lipinski definition) is 7. The van der Waals surface area contributed by atoms with E-state index in [4.69, 9.17) is 4.74 Å². The molecular weight excluding hydrogens is 324 g/mol. The van der Waals surface area contributed by atoms with Crippen LogP contribution in [0.25, 0.3) is 11.4 Å². The highest BCUT2D eigenvalue weighted by Crippen LogP contribution is 2.29. The number of rotatable bonds is 5. The Labute approximate surface area is 143 Å². The molecule has 0 bridgehead atoms. The molecule has 3 aromatic rings. The first-order chi connectivity index (χ1) is 11.8. The first-order valence-corrected chi connectivity index (χ1v) is 8.69. The molecule has 0 radical (unpaired) electrons. The van der Waals surface area contributed by atoms with E-state index in [1.54, 1.807) is 7.11 Å². The molecular formula is C16H18N6OS. The molecule has 0 saturated heterocycles. The lowest BCUT2D eigenvalue weighted by Gasteiger charge is -2.22. The Balaban J connectivity index is 1.54. The van der Waals surface area contributed by atoms with Gasteiger partial charge in [-0.25, -0.2) is 9.67 Å². The summed E-state index contributed by atoms with van der Waals surface area (Å²) in [5.74, 6) is 2.42. The van der Waals surface area contributed by atoms with Crippen molar-refractivity contribution in [2.45, 2.75) is 32.0 Å². The summed E-state index contributed by atoms with van der Waals surface area (Å²) in [6, 6.07) is 10.1. The Kier molecular flexibility index (Phi) is 4.22. The molecule has 2 aromatic heterocycles. The minimum atomic E-state index is 0.105. The monoisotopic (exact) mass is 342 g/mol. The minimum Gasteiger partial charge on any atom is -0.377 e. The van der Waals surface area contributed by atoms with Gasteiger partial charge < -0.3 is 10.1 Å². The quantitative estimate of drug-likeness (QED) is 0.768. The van der Waals surface area contributed by atoms with Crippen LogP contribution >= 0.6 is 11.5 Å². The molecule has 1 atom stereocenters. The van der Waals surface area contributed by atoms with E-state index < -0.39 is 0 Å². The molecule has 1 unspecified atom stereocenters. The fourth-order valence-electron chi connectivity index (χ4n) is 2.86. The first kappa shape index (κ1) is 15.2. The number of aryl methyl sites for hydroxylation is 1. The van der Waals surface area contributed by atoms with Gasteiger partial charge in [0.05, 0.1) is 6.04 Å². The SMILES string of the molecule is COCc1nc2n(n1)CCCC2Nc1nc(-c2ccccc2)ns1. The topological polar surface area (TPSA) is 77.8 Å². The van der Waals surface area contributed by atoms with Crippen LogP contribution in [-0.2, 0) is 17.9 Å². The van der Waals surface area contributed by atoms with Gasteiger partial charge in [-0.1, -0.05) is 30.3 Å². The zero-order valence-corrected chi connectivity index (χ0v) is 14.2. The van der Waals surface area contributed by atoms with Crippen LogP contribution in [0, 0.1) is 0 Å². The van der Waals surface area contributed by atoms with Crippen LogP contribution in [0.5, 0.6) is 0 Å². The third-order valence-electron chi connectivity index (χ3n) is 3.95. The lowest BCUT2D eigenvalue weighted by Crippen LogP contribution is -2.22. The van der Waals surface area contributed by atoms with Gasteiger partial charge >= 0.3 is 0 Å². The normalized spacial score (nSPS) is 16.8. The number of nitrogens with one attached hydrogen (secondary N) is 1. The fourth-order valence-corrected chi connectivity index (χ4v) is 3.50. The lowest BCUT2D eigenvalue weighted by atomic mass is 10.1. The molecule has 1 aromatic carbocycles. The van der Waals surface area contributed by atoms with Gasteiger partial charge in [-0.05, 0) is 12.8 Å². The summed E-state index contributed by atoms with van der Waals surface area (Å²) in [5, 5.41) is 8.77. The van der Waals surface area contributed by atoms with Crippen LogP contribution < -0.4 is 5.32 Å². The highest BCUT2D eigenvalue weighted by molar-refractivity contribution is 7.09. The molecule has 0 aliphatic carbocycles. The summed E-state index contributed by atoms with van der Waals surface area (Å²) in [6.45, 7) is 1.33. The molecule has 7 nitrogen and oxygen atoms in total. The van der Waals surface area contributed by atoms with E-state index in [0.29, 0.717) is 6.61 Å². The van der Waals surface area contributed by atoms with Crippen molar-refractivity contribution in [1.82, 2.24) is 24.1 Å². The van der Waals surface area contributed by atoms with Crippen LogP contribution in [0.4, 0.5) is 5.13 Å². The average molecular weight is 342 g/mol. The standard InChI is InChI=1S/C16H18N6OS/c1-23-10-13-18-15-12(8-5-9-22(15)20-13)17-16-19-14(21-24-16)11-6-3-2-4-7-11/h2-4,6-7,12H,5,8-10H2,1H3,(H,17,19,21).